The van der Waals surface area contributed by atoms with Gasteiger partial charge in [0.1, 0.15) is 18.3 Å². The number of tetrazole rings is 1. The van der Waals surface area contributed by atoms with Crippen LogP contribution in [0.15, 0.2) is 64.4 Å². The Kier molecular flexibility index (Phi) is 6.71. The van der Waals surface area contributed by atoms with Gasteiger partial charge in [0.25, 0.3) is 5.91 Å². The molecule has 3 heterocycles. The minimum Gasteiger partial charge on any atom is -0.458 e. The van der Waals surface area contributed by atoms with E-state index in [-0.39, 0.29) is 24.4 Å². The number of aromatic nitrogens is 4. The van der Waals surface area contributed by atoms with Gasteiger partial charge >= 0.3 is 0 Å². The summed E-state index contributed by atoms with van der Waals surface area (Å²) in [5, 5.41) is 17.5. The molecule has 1 aromatic carbocycles. The van der Waals surface area contributed by atoms with Crippen molar-refractivity contribution < 1.29 is 14.0 Å². The molecule has 0 aliphatic heterocycles. The largest absolute Gasteiger partial charge is 0.458 e. The van der Waals surface area contributed by atoms with Crippen molar-refractivity contribution in [3.63, 3.8) is 0 Å². The molecule has 1 N–H and O–H groups in total. The second-order valence-electron chi connectivity index (χ2n) is 8.56. The number of amides is 2. The highest BCUT2D eigenvalue weighted by Gasteiger charge is 2.35. The summed E-state index contributed by atoms with van der Waals surface area (Å²) in [4.78, 5) is 30.9. The Bertz CT molecular complexity index is 1280. The third-order valence-electron chi connectivity index (χ3n) is 6.01. The third kappa shape index (κ3) is 5.17. The van der Waals surface area contributed by atoms with Crippen LogP contribution in [0.25, 0.3) is 11.6 Å². The first-order valence-electron chi connectivity index (χ1n) is 11.6. The third-order valence-corrected chi connectivity index (χ3v) is 6.94. The lowest BCUT2D eigenvalue weighted by molar-refractivity contribution is -0.127. The molecule has 5 rings (SSSR count). The first-order chi connectivity index (χ1) is 17.1. The number of nitrogens with one attached hydrogen (secondary N) is 1. The van der Waals surface area contributed by atoms with Gasteiger partial charge in [-0.3, -0.25) is 14.5 Å². The van der Waals surface area contributed by atoms with E-state index in [0.29, 0.717) is 17.3 Å². The van der Waals surface area contributed by atoms with Crippen LogP contribution >= 0.6 is 11.3 Å². The van der Waals surface area contributed by atoms with Crippen LogP contribution in [0.4, 0.5) is 5.69 Å². The zero-order chi connectivity index (χ0) is 24.2. The predicted molar refractivity (Wildman–Crippen MR) is 132 cm³/mol. The molecule has 1 aliphatic rings. The summed E-state index contributed by atoms with van der Waals surface area (Å²) in [5.41, 5.74) is 0.625. The molecular weight excluding hydrogens is 464 g/mol. The number of carbonyl (C=O) groups excluding carboxylic acids is 2. The number of hydrogen-bond acceptors (Lipinski definition) is 7. The fraction of sp³-hybridized carbons (Fsp3) is 0.320. The van der Waals surface area contributed by atoms with Crippen LogP contribution in [0, 0.1) is 6.92 Å². The molecule has 1 fully saturated rings. The molecule has 4 aromatic rings. The van der Waals surface area contributed by atoms with E-state index in [2.05, 4.69) is 20.7 Å². The van der Waals surface area contributed by atoms with Gasteiger partial charge in [-0.05, 0) is 60.7 Å². The van der Waals surface area contributed by atoms with E-state index in [4.69, 9.17) is 4.42 Å². The van der Waals surface area contributed by atoms with Crippen molar-refractivity contribution in [2.75, 3.05) is 4.90 Å². The van der Waals surface area contributed by atoms with E-state index < -0.39 is 6.04 Å². The van der Waals surface area contributed by atoms with Crippen LogP contribution < -0.4 is 10.2 Å². The number of thiophene rings is 1. The summed E-state index contributed by atoms with van der Waals surface area (Å²) in [6.45, 7) is 1.65. The summed E-state index contributed by atoms with van der Waals surface area (Å²) < 4.78 is 5.56. The molecule has 1 aliphatic carbocycles. The molecule has 9 nitrogen and oxygen atoms in total. The van der Waals surface area contributed by atoms with Crippen molar-refractivity contribution in [3.05, 3.63) is 70.6 Å². The van der Waals surface area contributed by atoms with Crippen molar-refractivity contribution in [1.82, 2.24) is 25.5 Å². The Labute approximate surface area is 206 Å². The Hall–Kier alpha value is -3.79. The Morgan fingerprint density at radius 3 is 2.63 bits per heavy atom. The maximum Gasteiger partial charge on any atom is 0.251 e. The van der Waals surface area contributed by atoms with Gasteiger partial charge in [0, 0.05) is 16.6 Å². The molecule has 180 valence electrons. The molecule has 10 heteroatoms. The summed E-state index contributed by atoms with van der Waals surface area (Å²) in [6, 6.07) is 15.9. The van der Waals surface area contributed by atoms with E-state index in [1.165, 1.54) is 21.0 Å². The number of furan rings is 1. The SMILES string of the molecule is Cc1ccc(-c2nnn(CC(=O)N(c3ccccc3)C(C(=O)NC3CCCC3)c3cccs3)n2)o1. The van der Waals surface area contributed by atoms with Crippen molar-refractivity contribution in [3.8, 4) is 11.6 Å². The first-order valence-corrected chi connectivity index (χ1v) is 12.5. The molecule has 35 heavy (non-hydrogen) atoms. The maximum absolute atomic E-state index is 13.7. The lowest BCUT2D eigenvalue weighted by atomic mass is 10.1. The van der Waals surface area contributed by atoms with Gasteiger partial charge in [0.2, 0.25) is 11.7 Å². The average molecular weight is 491 g/mol. The number of rotatable bonds is 8. The average Bonchev–Trinajstić information content (AvgIpc) is 3.66. The summed E-state index contributed by atoms with van der Waals surface area (Å²) >= 11 is 1.45. The van der Waals surface area contributed by atoms with Crippen LogP contribution in [0.3, 0.4) is 0 Å². The maximum atomic E-state index is 13.7. The van der Waals surface area contributed by atoms with E-state index in [9.17, 15) is 9.59 Å². The summed E-state index contributed by atoms with van der Waals surface area (Å²) in [5.74, 6) is 1.000. The molecule has 3 aromatic heterocycles. The minimum absolute atomic E-state index is 0.133. The molecule has 0 radical (unpaired) electrons. The van der Waals surface area contributed by atoms with Gasteiger partial charge in [-0.1, -0.05) is 37.1 Å². The summed E-state index contributed by atoms with van der Waals surface area (Å²) in [7, 11) is 0. The minimum atomic E-state index is -0.804. The zero-order valence-corrected chi connectivity index (χ0v) is 20.1. The van der Waals surface area contributed by atoms with Gasteiger partial charge in [-0.2, -0.15) is 4.80 Å². The van der Waals surface area contributed by atoms with Gasteiger partial charge in [-0.15, -0.1) is 21.5 Å². The topological polar surface area (TPSA) is 106 Å². The first kappa shape index (κ1) is 23.0. The van der Waals surface area contributed by atoms with Crippen LogP contribution in [0.2, 0.25) is 0 Å². The number of carbonyl (C=O) groups is 2. The van der Waals surface area contributed by atoms with Crippen LogP contribution in [0.1, 0.15) is 42.4 Å². The molecule has 0 spiro atoms. The van der Waals surface area contributed by atoms with E-state index in [0.717, 1.165) is 36.3 Å². The number of anilines is 1. The number of para-hydroxylation sites is 1. The highest BCUT2D eigenvalue weighted by atomic mass is 32.1. The quantitative estimate of drug-likeness (QED) is 0.398. The highest BCUT2D eigenvalue weighted by molar-refractivity contribution is 7.10. The Morgan fingerprint density at radius 2 is 1.94 bits per heavy atom. The molecule has 0 bridgehead atoms. The molecular formula is C25H26N6O3S. The van der Waals surface area contributed by atoms with Gasteiger partial charge in [0.15, 0.2) is 5.76 Å². The second kappa shape index (κ2) is 10.2. The van der Waals surface area contributed by atoms with Gasteiger partial charge in [-0.25, -0.2) is 0 Å². The lowest BCUT2D eigenvalue weighted by Crippen LogP contribution is -2.47. The normalized spacial score (nSPS) is 14.7. The van der Waals surface area contributed by atoms with Crippen molar-refractivity contribution in [1.29, 1.82) is 0 Å². The van der Waals surface area contributed by atoms with Crippen molar-refractivity contribution in [2.24, 2.45) is 0 Å². The van der Waals surface area contributed by atoms with E-state index in [1.54, 1.807) is 6.07 Å². The van der Waals surface area contributed by atoms with Crippen LogP contribution in [-0.2, 0) is 16.1 Å². The van der Waals surface area contributed by atoms with Gasteiger partial charge in [0.05, 0.1) is 0 Å². The van der Waals surface area contributed by atoms with E-state index in [1.807, 2.05) is 60.8 Å². The Morgan fingerprint density at radius 1 is 1.14 bits per heavy atom. The number of benzene rings is 1. The van der Waals surface area contributed by atoms with Crippen molar-refractivity contribution >= 4 is 28.8 Å². The zero-order valence-electron chi connectivity index (χ0n) is 19.3. The summed E-state index contributed by atoms with van der Waals surface area (Å²) in [6.07, 6.45) is 4.12. The lowest BCUT2D eigenvalue weighted by Gasteiger charge is -2.31. The second-order valence-corrected chi connectivity index (χ2v) is 9.54. The smallest absolute Gasteiger partial charge is 0.251 e. The molecule has 2 amide bonds. The van der Waals surface area contributed by atoms with Crippen LogP contribution in [0.5, 0.6) is 0 Å². The molecule has 1 saturated carbocycles. The fourth-order valence-electron chi connectivity index (χ4n) is 4.36. The molecule has 1 unspecified atom stereocenters. The predicted octanol–water partition coefficient (Wildman–Crippen LogP) is 4.14. The highest BCUT2D eigenvalue weighted by Crippen LogP contribution is 2.32. The monoisotopic (exact) mass is 490 g/mol. The van der Waals surface area contributed by atoms with Gasteiger partial charge < -0.3 is 9.73 Å². The van der Waals surface area contributed by atoms with Crippen LogP contribution in [-0.4, -0.2) is 38.1 Å². The number of hydrogen-bond donors (Lipinski definition) is 1. The van der Waals surface area contributed by atoms with E-state index >= 15 is 0 Å². The number of aryl methyl sites for hydroxylation is 1. The Balaban J connectivity index is 1.45. The fourth-order valence-corrected chi connectivity index (χ4v) is 5.17. The van der Waals surface area contributed by atoms with Crippen molar-refractivity contribution in [2.45, 2.75) is 51.2 Å². The standard InChI is InChI=1S/C25H26N6O3S/c1-17-13-14-20(34-17)24-27-29-30(28-24)16-22(32)31(19-10-3-2-4-11-19)23(21-12-7-15-35-21)25(33)26-18-8-5-6-9-18/h2-4,7,10-15,18,23H,5-6,8-9,16H2,1H3,(H,26,33). The molecule has 1 atom stereocenters. The molecule has 0 saturated heterocycles. The number of nitrogens with zero attached hydrogens (tertiary/aromatic N) is 5.